The van der Waals surface area contributed by atoms with Crippen molar-refractivity contribution in [2.45, 2.75) is 43.9 Å². The van der Waals surface area contributed by atoms with Crippen LogP contribution in [0.5, 0.6) is 0 Å². The second-order valence-electron chi connectivity index (χ2n) is 8.89. The Labute approximate surface area is 163 Å². The van der Waals surface area contributed by atoms with Gasteiger partial charge in [-0.1, -0.05) is 0 Å². The quantitative estimate of drug-likeness (QED) is 0.618. The SMILES string of the molecule is O=C(Nc1ccc([N+](=O)[O-])cc1)c1ccnc(C23CC4CC(CC(C4)C2)C3)c1. The molecule has 4 saturated carbocycles. The molecule has 4 fully saturated rings. The molecule has 0 aliphatic heterocycles. The van der Waals surface area contributed by atoms with E-state index in [-0.39, 0.29) is 17.0 Å². The van der Waals surface area contributed by atoms with Crippen LogP contribution in [0.15, 0.2) is 42.6 Å². The van der Waals surface area contributed by atoms with Gasteiger partial charge in [-0.05, 0) is 80.5 Å². The van der Waals surface area contributed by atoms with Gasteiger partial charge in [-0.2, -0.15) is 0 Å². The zero-order valence-electron chi connectivity index (χ0n) is 15.6. The Bertz CT molecular complexity index is 903. The number of pyridine rings is 1. The van der Waals surface area contributed by atoms with Gasteiger partial charge in [0.1, 0.15) is 0 Å². The van der Waals surface area contributed by atoms with E-state index < -0.39 is 4.92 Å². The number of nitro benzene ring substituents is 1. The lowest BCUT2D eigenvalue weighted by Crippen LogP contribution is -2.49. The van der Waals surface area contributed by atoms with E-state index in [0.29, 0.717) is 11.3 Å². The molecule has 6 heteroatoms. The summed E-state index contributed by atoms with van der Waals surface area (Å²) in [6.45, 7) is 0. The van der Waals surface area contributed by atoms with Crippen LogP contribution in [0.1, 0.15) is 54.6 Å². The van der Waals surface area contributed by atoms with Crippen molar-refractivity contribution in [1.29, 1.82) is 0 Å². The Hall–Kier alpha value is -2.76. The fraction of sp³-hybridized carbons (Fsp3) is 0.455. The number of carbonyl (C=O) groups excluding carboxylic acids is 1. The summed E-state index contributed by atoms with van der Waals surface area (Å²) in [5.74, 6) is 2.27. The number of nitrogens with one attached hydrogen (secondary N) is 1. The first kappa shape index (κ1) is 17.3. The standard InChI is InChI=1S/C22H23N3O3/c26-21(24-18-1-3-19(4-2-18)25(27)28)17-5-6-23-20(10-17)22-11-14-7-15(12-22)9-16(8-14)13-22/h1-6,10,14-16H,7-9,11-13H2,(H,24,26). The zero-order chi connectivity index (χ0) is 19.3. The summed E-state index contributed by atoms with van der Waals surface area (Å²) in [5.41, 5.74) is 2.37. The fourth-order valence-electron chi connectivity index (χ4n) is 6.16. The Balaban J connectivity index is 1.37. The number of non-ortho nitro benzene ring substituents is 1. The predicted octanol–water partition coefficient (Wildman–Crippen LogP) is 4.71. The lowest BCUT2D eigenvalue weighted by molar-refractivity contribution is -0.384. The van der Waals surface area contributed by atoms with Crippen LogP contribution in [0.4, 0.5) is 11.4 Å². The van der Waals surface area contributed by atoms with E-state index in [0.717, 1.165) is 23.4 Å². The van der Waals surface area contributed by atoms with Crippen LogP contribution in [0.2, 0.25) is 0 Å². The molecule has 2 aromatic rings. The third kappa shape index (κ3) is 2.97. The van der Waals surface area contributed by atoms with E-state index in [1.165, 1.54) is 50.7 Å². The summed E-state index contributed by atoms with van der Waals surface area (Å²) >= 11 is 0. The highest BCUT2D eigenvalue weighted by Crippen LogP contribution is 2.60. The number of aromatic nitrogens is 1. The van der Waals surface area contributed by atoms with Crippen LogP contribution in [0.25, 0.3) is 0 Å². The van der Waals surface area contributed by atoms with Crippen molar-refractivity contribution in [2.24, 2.45) is 17.8 Å². The first-order valence-corrected chi connectivity index (χ1v) is 10.0. The van der Waals surface area contributed by atoms with Gasteiger partial charge in [-0.15, -0.1) is 0 Å². The molecule has 0 unspecified atom stereocenters. The minimum absolute atomic E-state index is 0.00557. The highest BCUT2D eigenvalue weighted by molar-refractivity contribution is 6.04. The number of amides is 1. The van der Waals surface area contributed by atoms with Gasteiger partial charge in [0.15, 0.2) is 0 Å². The van der Waals surface area contributed by atoms with Crippen LogP contribution < -0.4 is 5.32 Å². The van der Waals surface area contributed by atoms with Gasteiger partial charge in [0, 0.05) is 40.7 Å². The van der Waals surface area contributed by atoms with Gasteiger partial charge in [-0.25, -0.2) is 0 Å². The molecule has 1 amide bonds. The third-order valence-corrected chi connectivity index (χ3v) is 6.94. The van der Waals surface area contributed by atoms with Crippen molar-refractivity contribution in [2.75, 3.05) is 5.32 Å². The molecule has 1 aromatic heterocycles. The molecular weight excluding hydrogens is 354 g/mol. The molecule has 0 radical (unpaired) electrons. The van der Waals surface area contributed by atoms with E-state index >= 15 is 0 Å². The third-order valence-electron chi connectivity index (χ3n) is 6.94. The minimum Gasteiger partial charge on any atom is -0.322 e. The molecule has 1 N–H and O–H groups in total. The molecule has 6 rings (SSSR count). The average Bonchev–Trinajstić information content (AvgIpc) is 2.67. The van der Waals surface area contributed by atoms with E-state index in [2.05, 4.69) is 5.32 Å². The van der Waals surface area contributed by atoms with Gasteiger partial charge in [-0.3, -0.25) is 19.9 Å². The van der Waals surface area contributed by atoms with Crippen LogP contribution in [-0.2, 0) is 5.41 Å². The number of anilines is 1. The number of hydrogen-bond acceptors (Lipinski definition) is 4. The maximum atomic E-state index is 12.7. The van der Waals surface area contributed by atoms with Crippen molar-refractivity contribution in [3.63, 3.8) is 0 Å². The van der Waals surface area contributed by atoms with E-state index in [1.807, 2.05) is 6.07 Å². The van der Waals surface area contributed by atoms with Gasteiger partial charge >= 0.3 is 0 Å². The maximum absolute atomic E-state index is 12.7. The second kappa shape index (κ2) is 6.40. The molecule has 4 aliphatic rings. The smallest absolute Gasteiger partial charge is 0.269 e. The predicted molar refractivity (Wildman–Crippen MR) is 105 cm³/mol. The summed E-state index contributed by atoms with van der Waals surface area (Å²) in [6, 6.07) is 9.60. The molecule has 28 heavy (non-hydrogen) atoms. The molecule has 0 atom stereocenters. The monoisotopic (exact) mass is 377 g/mol. The van der Waals surface area contributed by atoms with Crippen molar-refractivity contribution in [3.05, 3.63) is 64.0 Å². The lowest BCUT2D eigenvalue weighted by atomic mass is 9.48. The summed E-state index contributed by atoms with van der Waals surface area (Å²) in [6.07, 6.45) is 9.50. The Morgan fingerprint density at radius 3 is 2.21 bits per heavy atom. The zero-order valence-corrected chi connectivity index (χ0v) is 15.6. The first-order valence-electron chi connectivity index (χ1n) is 10.0. The molecule has 1 aromatic carbocycles. The lowest BCUT2D eigenvalue weighted by Gasteiger charge is -2.56. The van der Waals surface area contributed by atoms with Crippen molar-refractivity contribution in [3.8, 4) is 0 Å². The van der Waals surface area contributed by atoms with Crippen molar-refractivity contribution < 1.29 is 9.72 Å². The Morgan fingerprint density at radius 1 is 1.04 bits per heavy atom. The molecule has 6 nitrogen and oxygen atoms in total. The van der Waals surface area contributed by atoms with Crippen LogP contribution >= 0.6 is 0 Å². The highest BCUT2D eigenvalue weighted by atomic mass is 16.6. The number of benzene rings is 1. The number of hydrogen-bond donors (Lipinski definition) is 1. The molecule has 144 valence electrons. The summed E-state index contributed by atoms with van der Waals surface area (Å²) in [7, 11) is 0. The Kier molecular flexibility index (Phi) is 3.96. The maximum Gasteiger partial charge on any atom is 0.269 e. The van der Waals surface area contributed by atoms with E-state index in [1.54, 1.807) is 24.4 Å². The molecule has 4 bridgehead atoms. The largest absolute Gasteiger partial charge is 0.322 e. The summed E-state index contributed by atoms with van der Waals surface area (Å²) in [4.78, 5) is 27.7. The molecule has 0 spiro atoms. The van der Waals surface area contributed by atoms with E-state index in [9.17, 15) is 14.9 Å². The van der Waals surface area contributed by atoms with Crippen molar-refractivity contribution in [1.82, 2.24) is 4.98 Å². The number of nitrogens with zero attached hydrogens (tertiary/aromatic N) is 2. The first-order chi connectivity index (χ1) is 13.5. The Morgan fingerprint density at radius 2 is 1.64 bits per heavy atom. The normalized spacial score (nSPS) is 30.2. The second-order valence-corrected chi connectivity index (χ2v) is 8.89. The molecular formula is C22H23N3O3. The van der Waals surface area contributed by atoms with Crippen LogP contribution in [0, 0.1) is 27.9 Å². The highest BCUT2D eigenvalue weighted by Gasteiger charge is 2.52. The van der Waals surface area contributed by atoms with Gasteiger partial charge in [0.2, 0.25) is 0 Å². The summed E-state index contributed by atoms with van der Waals surface area (Å²) < 4.78 is 0. The van der Waals surface area contributed by atoms with E-state index in [4.69, 9.17) is 4.98 Å². The molecule has 4 aliphatic carbocycles. The van der Waals surface area contributed by atoms with Crippen molar-refractivity contribution >= 4 is 17.3 Å². The van der Waals surface area contributed by atoms with Gasteiger partial charge in [0.05, 0.1) is 4.92 Å². The number of carbonyl (C=O) groups is 1. The number of rotatable bonds is 4. The molecule has 1 heterocycles. The molecule has 0 saturated heterocycles. The number of nitro groups is 1. The minimum atomic E-state index is -0.452. The van der Waals surface area contributed by atoms with Gasteiger partial charge < -0.3 is 5.32 Å². The summed E-state index contributed by atoms with van der Waals surface area (Å²) in [5, 5.41) is 13.6. The topological polar surface area (TPSA) is 85.1 Å². The fourth-order valence-corrected chi connectivity index (χ4v) is 6.16. The van der Waals surface area contributed by atoms with Crippen LogP contribution in [0.3, 0.4) is 0 Å². The van der Waals surface area contributed by atoms with Gasteiger partial charge in [0.25, 0.3) is 11.6 Å². The van der Waals surface area contributed by atoms with Crippen LogP contribution in [-0.4, -0.2) is 15.8 Å². The average molecular weight is 377 g/mol.